The predicted octanol–water partition coefficient (Wildman–Crippen LogP) is 5.25. The van der Waals surface area contributed by atoms with E-state index in [0.717, 1.165) is 31.1 Å². The second kappa shape index (κ2) is 10.6. The summed E-state index contributed by atoms with van der Waals surface area (Å²) in [7, 11) is 0. The fraction of sp³-hybridized carbons (Fsp3) is 0.261. The fourth-order valence-corrected chi connectivity index (χ4v) is 4.03. The highest BCUT2D eigenvalue weighted by atomic mass is 35.5. The van der Waals surface area contributed by atoms with E-state index >= 15 is 0 Å². The Hall–Kier alpha value is -2.87. The van der Waals surface area contributed by atoms with E-state index in [0.29, 0.717) is 18.2 Å². The summed E-state index contributed by atoms with van der Waals surface area (Å²) in [5, 5.41) is 6.39. The molecule has 2 N–H and O–H groups in total. The normalized spacial score (nSPS) is 13.7. The van der Waals surface area contributed by atoms with Gasteiger partial charge in [0.25, 0.3) is 5.91 Å². The van der Waals surface area contributed by atoms with E-state index in [1.165, 1.54) is 25.2 Å². The Morgan fingerprint density at radius 1 is 1.00 bits per heavy atom. The van der Waals surface area contributed by atoms with Crippen molar-refractivity contribution in [1.82, 2.24) is 14.9 Å². The monoisotopic (exact) mass is 471 g/mol. The Morgan fingerprint density at radius 2 is 1.69 bits per heavy atom. The van der Waals surface area contributed by atoms with Gasteiger partial charge in [0.15, 0.2) is 0 Å². The van der Waals surface area contributed by atoms with Crippen molar-refractivity contribution >= 4 is 46.4 Å². The molecular weight excluding hydrogens is 449 g/mol. The molecule has 4 rings (SSSR count). The minimum Gasteiger partial charge on any atom is -0.492 e. The topological polar surface area (TPSA) is 79.4 Å². The Bertz CT molecular complexity index is 1050. The van der Waals surface area contributed by atoms with Gasteiger partial charge in [-0.3, -0.25) is 9.69 Å². The number of rotatable bonds is 8. The van der Waals surface area contributed by atoms with E-state index in [2.05, 4.69) is 25.5 Å². The number of halogens is 2. The minimum absolute atomic E-state index is 0.208. The lowest BCUT2D eigenvalue weighted by Gasteiger charge is -2.15. The van der Waals surface area contributed by atoms with Gasteiger partial charge >= 0.3 is 0 Å². The van der Waals surface area contributed by atoms with Gasteiger partial charge in [-0.25, -0.2) is 9.97 Å². The first-order valence-electron chi connectivity index (χ1n) is 10.4. The second-order valence-corrected chi connectivity index (χ2v) is 8.21. The van der Waals surface area contributed by atoms with Crippen LogP contribution in [0.1, 0.15) is 23.2 Å². The number of amides is 1. The van der Waals surface area contributed by atoms with Crippen molar-refractivity contribution in [2.24, 2.45) is 0 Å². The number of carbonyl (C=O) groups is 1. The molecule has 2 heterocycles. The van der Waals surface area contributed by atoms with E-state index in [9.17, 15) is 4.79 Å². The largest absolute Gasteiger partial charge is 0.492 e. The molecule has 9 heteroatoms. The molecule has 1 aromatic heterocycles. The Morgan fingerprint density at radius 3 is 2.41 bits per heavy atom. The molecule has 0 aliphatic carbocycles. The number of hydrogen-bond donors (Lipinski definition) is 2. The summed E-state index contributed by atoms with van der Waals surface area (Å²) < 4.78 is 5.88. The average Bonchev–Trinajstić information content (AvgIpc) is 3.29. The van der Waals surface area contributed by atoms with Crippen LogP contribution in [-0.4, -0.2) is 47.0 Å². The first kappa shape index (κ1) is 22.3. The van der Waals surface area contributed by atoms with Gasteiger partial charge in [0.1, 0.15) is 12.4 Å². The number of nitrogens with zero attached hydrogens (tertiary/aromatic N) is 3. The summed E-state index contributed by atoms with van der Waals surface area (Å²) in [5.41, 5.74) is 1.44. The third-order valence-corrected chi connectivity index (χ3v) is 5.69. The van der Waals surface area contributed by atoms with Gasteiger partial charge in [-0.1, -0.05) is 35.3 Å². The van der Waals surface area contributed by atoms with Crippen molar-refractivity contribution in [1.29, 1.82) is 0 Å². The first-order chi connectivity index (χ1) is 15.6. The first-order valence-corrected chi connectivity index (χ1v) is 11.1. The molecule has 0 unspecified atom stereocenters. The number of benzene rings is 2. The van der Waals surface area contributed by atoms with Crippen LogP contribution in [0.5, 0.6) is 5.75 Å². The van der Waals surface area contributed by atoms with Crippen molar-refractivity contribution in [3.63, 3.8) is 0 Å². The van der Waals surface area contributed by atoms with Gasteiger partial charge in [0.2, 0.25) is 5.95 Å². The Balaban J connectivity index is 1.33. The molecule has 2 aromatic carbocycles. The molecular formula is C23H23Cl2N5O2. The standard InChI is InChI=1S/C23H23Cl2N5O2/c24-19-7-4-8-20(25)21(19)22(31)28-17-14-26-23(27-15-17)29-16-5-3-6-18(13-16)32-12-11-30-9-1-2-10-30/h3-8,13-15H,1-2,9-12H2,(H,28,31)(H,26,27,29). The van der Waals surface area contributed by atoms with Crippen LogP contribution in [0.2, 0.25) is 10.0 Å². The Labute approximate surface area is 196 Å². The maximum atomic E-state index is 12.5. The molecule has 1 aliphatic heterocycles. The summed E-state index contributed by atoms with van der Waals surface area (Å²) in [4.78, 5) is 23.4. The maximum absolute atomic E-state index is 12.5. The lowest BCUT2D eigenvalue weighted by atomic mass is 10.2. The molecule has 1 fully saturated rings. The third kappa shape index (κ3) is 5.88. The molecule has 0 atom stereocenters. The van der Waals surface area contributed by atoms with Crippen LogP contribution < -0.4 is 15.4 Å². The highest BCUT2D eigenvalue weighted by Gasteiger charge is 2.15. The third-order valence-electron chi connectivity index (χ3n) is 5.06. The number of hydrogen-bond acceptors (Lipinski definition) is 6. The number of anilines is 3. The number of aromatic nitrogens is 2. The molecule has 1 amide bonds. The fourth-order valence-electron chi connectivity index (χ4n) is 3.46. The average molecular weight is 472 g/mol. The summed E-state index contributed by atoms with van der Waals surface area (Å²) >= 11 is 12.2. The van der Waals surface area contributed by atoms with Crippen LogP contribution in [0.3, 0.4) is 0 Å². The van der Waals surface area contributed by atoms with Gasteiger partial charge in [-0.05, 0) is 50.2 Å². The lowest BCUT2D eigenvalue weighted by Crippen LogP contribution is -2.25. The lowest BCUT2D eigenvalue weighted by molar-refractivity contribution is 0.102. The Kier molecular flexibility index (Phi) is 7.42. The van der Waals surface area contributed by atoms with E-state index in [-0.39, 0.29) is 15.6 Å². The molecule has 7 nitrogen and oxygen atoms in total. The number of ether oxygens (including phenoxy) is 1. The maximum Gasteiger partial charge on any atom is 0.258 e. The summed E-state index contributed by atoms with van der Waals surface area (Å²) in [6, 6.07) is 12.5. The van der Waals surface area contributed by atoms with E-state index < -0.39 is 5.91 Å². The second-order valence-electron chi connectivity index (χ2n) is 7.40. The van der Waals surface area contributed by atoms with Crippen molar-refractivity contribution in [3.05, 3.63) is 70.5 Å². The van der Waals surface area contributed by atoms with Crippen molar-refractivity contribution in [2.45, 2.75) is 12.8 Å². The van der Waals surface area contributed by atoms with Crippen molar-refractivity contribution in [2.75, 3.05) is 36.9 Å². The molecule has 32 heavy (non-hydrogen) atoms. The van der Waals surface area contributed by atoms with Crippen LogP contribution in [0.4, 0.5) is 17.3 Å². The molecule has 1 aliphatic rings. The highest BCUT2D eigenvalue weighted by Crippen LogP contribution is 2.25. The highest BCUT2D eigenvalue weighted by molar-refractivity contribution is 6.40. The van der Waals surface area contributed by atoms with E-state index in [1.807, 2.05) is 24.3 Å². The van der Waals surface area contributed by atoms with Crippen LogP contribution >= 0.6 is 23.2 Å². The number of carbonyl (C=O) groups excluding carboxylic acids is 1. The van der Waals surface area contributed by atoms with Gasteiger partial charge in [-0.15, -0.1) is 0 Å². The van der Waals surface area contributed by atoms with Crippen molar-refractivity contribution in [3.8, 4) is 5.75 Å². The van der Waals surface area contributed by atoms with Crippen LogP contribution in [0.25, 0.3) is 0 Å². The van der Waals surface area contributed by atoms with Crippen LogP contribution in [-0.2, 0) is 0 Å². The van der Waals surface area contributed by atoms with Gasteiger partial charge in [-0.2, -0.15) is 0 Å². The summed E-state index contributed by atoms with van der Waals surface area (Å²) in [6.45, 7) is 3.91. The summed E-state index contributed by atoms with van der Waals surface area (Å²) in [6.07, 6.45) is 5.56. The van der Waals surface area contributed by atoms with Crippen LogP contribution in [0.15, 0.2) is 54.9 Å². The molecule has 0 bridgehead atoms. The summed E-state index contributed by atoms with van der Waals surface area (Å²) in [5.74, 6) is 0.756. The van der Waals surface area contributed by atoms with Crippen LogP contribution in [0, 0.1) is 0 Å². The molecule has 0 radical (unpaired) electrons. The van der Waals surface area contributed by atoms with Gasteiger partial charge < -0.3 is 15.4 Å². The van der Waals surface area contributed by atoms with E-state index in [1.54, 1.807) is 18.2 Å². The zero-order valence-corrected chi connectivity index (χ0v) is 18.9. The molecule has 1 saturated heterocycles. The van der Waals surface area contributed by atoms with Crippen molar-refractivity contribution < 1.29 is 9.53 Å². The smallest absolute Gasteiger partial charge is 0.258 e. The molecule has 166 valence electrons. The zero-order chi connectivity index (χ0) is 22.3. The SMILES string of the molecule is O=C(Nc1cnc(Nc2cccc(OCCN3CCCC3)c2)nc1)c1c(Cl)cccc1Cl. The predicted molar refractivity (Wildman–Crippen MR) is 127 cm³/mol. The molecule has 0 spiro atoms. The molecule has 3 aromatic rings. The van der Waals surface area contributed by atoms with Gasteiger partial charge in [0, 0.05) is 18.3 Å². The minimum atomic E-state index is -0.427. The number of nitrogens with one attached hydrogen (secondary N) is 2. The quantitative estimate of drug-likeness (QED) is 0.466. The zero-order valence-electron chi connectivity index (χ0n) is 17.4. The number of likely N-dealkylation sites (tertiary alicyclic amines) is 1. The van der Waals surface area contributed by atoms with E-state index in [4.69, 9.17) is 27.9 Å². The molecule has 0 saturated carbocycles. The van der Waals surface area contributed by atoms with Gasteiger partial charge in [0.05, 0.1) is 33.7 Å².